The first kappa shape index (κ1) is 21.3. The second kappa shape index (κ2) is 9.80. The molecule has 0 bridgehead atoms. The molecular weight excluding hydrogens is 374 g/mol. The van der Waals surface area contributed by atoms with Crippen molar-refractivity contribution in [1.29, 1.82) is 0 Å². The number of hydrogen-bond acceptors (Lipinski definition) is 5. The summed E-state index contributed by atoms with van der Waals surface area (Å²) in [5, 5.41) is 4.84. The van der Waals surface area contributed by atoms with Crippen LogP contribution in [0.5, 0.6) is 0 Å². The highest BCUT2D eigenvalue weighted by molar-refractivity contribution is 7.89. The van der Waals surface area contributed by atoms with Crippen molar-refractivity contribution < 1.29 is 13.2 Å². The summed E-state index contributed by atoms with van der Waals surface area (Å²) in [6.45, 7) is 0.631. The van der Waals surface area contributed by atoms with Gasteiger partial charge >= 0.3 is 0 Å². The number of ketones is 1. The molecule has 3 rings (SSSR count). The van der Waals surface area contributed by atoms with E-state index in [9.17, 15) is 13.2 Å². The van der Waals surface area contributed by atoms with E-state index in [0.717, 1.165) is 23.1 Å². The Morgan fingerprint density at radius 3 is 1.82 bits per heavy atom. The van der Waals surface area contributed by atoms with Crippen LogP contribution in [0, 0.1) is 0 Å². The maximum absolute atomic E-state index is 12.1. The zero-order chi connectivity index (χ0) is 20.6. The van der Waals surface area contributed by atoms with Gasteiger partial charge in [-0.1, -0.05) is 54.6 Å². The van der Waals surface area contributed by atoms with Gasteiger partial charge in [0, 0.05) is 16.8 Å². The summed E-state index contributed by atoms with van der Waals surface area (Å²) in [7, 11) is -3.58. The number of hydrogen-bond donors (Lipinski definition) is 3. The van der Waals surface area contributed by atoms with Gasteiger partial charge in [-0.25, -0.2) is 13.6 Å². The molecule has 0 saturated heterocycles. The Bertz CT molecular complexity index is 1000. The molecule has 0 atom stereocenters. The van der Waals surface area contributed by atoms with E-state index < -0.39 is 10.0 Å². The van der Waals surface area contributed by atoms with Crippen molar-refractivity contribution in [2.45, 2.75) is 11.3 Å². The van der Waals surface area contributed by atoms with Gasteiger partial charge in [-0.05, 0) is 42.8 Å². The predicted octanol–water partition coefficient (Wildman–Crippen LogP) is 2.33. The Balaban J connectivity index is 0.000000221. The minimum absolute atomic E-state index is 0.0601. The van der Waals surface area contributed by atoms with Crippen molar-refractivity contribution >= 4 is 21.5 Å². The van der Waals surface area contributed by atoms with E-state index in [2.05, 4.69) is 0 Å². The van der Waals surface area contributed by atoms with Crippen LogP contribution in [0.3, 0.4) is 0 Å². The first-order valence-electron chi connectivity index (χ1n) is 8.58. The standard InChI is InChI=1S/C15H15NO.C6H8N2O2S/c16-11-10-12-6-8-14(9-7-12)15(17)13-4-2-1-3-5-13;7-5-1-3-6(4-2-5)11(8,9)10/h1-9H,10-11,16H2;1-4H,7H2,(H2,8,9,10). The lowest BCUT2D eigenvalue weighted by atomic mass is 10.0. The summed E-state index contributed by atoms with van der Waals surface area (Å²) in [5.41, 5.74) is 13.9. The first-order valence-corrected chi connectivity index (χ1v) is 10.1. The molecule has 0 fully saturated rings. The molecule has 7 heteroatoms. The van der Waals surface area contributed by atoms with Gasteiger partial charge < -0.3 is 11.5 Å². The highest BCUT2D eigenvalue weighted by atomic mass is 32.2. The number of nitrogen functional groups attached to an aromatic ring is 1. The van der Waals surface area contributed by atoms with Crippen LogP contribution in [-0.2, 0) is 16.4 Å². The Labute approximate surface area is 165 Å². The van der Waals surface area contributed by atoms with Crippen molar-refractivity contribution in [3.05, 3.63) is 95.6 Å². The molecule has 146 valence electrons. The average molecular weight is 398 g/mol. The second-order valence-corrected chi connectivity index (χ2v) is 7.61. The van der Waals surface area contributed by atoms with Crippen LogP contribution in [0.1, 0.15) is 21.5 Å². The lowest BCUT2D eigenvalue weighted by Crippen LogP contribution is -2.11. The number of sulfonamides is 1. The minimum atomic E-state index is -3.58. The van der Waals surface area contributed by atoms with E-state index in [1.165, 1.54) is 24.3 Å². The molecule has 0 unspecified atom stereocenters. The molecule has 6 nitrogen and oxygen atoms in total. The SMILES string of the molecule is NCCc1ccc(C(=O)c2ccccc2)cc1.Nc1ccc(S(N)(=O)=O)cc1. The normalized spacial score (nSPS) is 10.6. The third-order valence-corrected chi connectivity index (χ3v) is 4.82. The number of carbonyl (C=O) groups is 1. The predicted molar refractivity (Wildman–Crippen MR) is 111 cm³/mol. The molecule has 0 amide bonds. The van der Waals surface area contributed by atoms with Gasteiger partial charge in [0.05, 0.1) is 4.90 Å². The fraction of sp³-hybridized carbons (Fsp3) is 0.0952. The van der Waals surface area contributed by atoms with Crippen LogP contribution in [0.4, 0.5) is 5.69 Å². The molecule has 3 aromatic rings. The van der Waals surface area contributed by atoms with Gasteiger partial charge in [-0.15, -0.1) is 0 Å². The molecule has 0 aliphatic heterocycles. The zero-order valence-electron chi connectivity index (χ0n) is 15.3. The number of primary sulfonamides is 1. The molecule has 0 aliphatic carbocycles. The van der Waals surface area contributed by atoms with Crippen LogP contribution in [0.25, 0.3) is 0 Å². The van der Waals surface area contributed by atoms with E-state index in [1.54, 1.807) is 0 Å². The number of rotatable bonds is 5. The summed E-state index contributed by atoms with van der Waals surface area (Å²) in [5.74, 6) is 0.0601. The summed E-state index contributed by atoms with van der Waals surface area (Å²) in [6, 6.07) is 22.7. The Morgan fingerprint density at radius 1 is 0.786 bits per heavy atom. The van der Waals surface area contributed by atoms with Crippen molar-refractivity contribution in [3.8, 4) is 0 Å². The Hall–Kier alpha value is -3.00. The zero-order valence-corrected chi connectivity index (χ0v) is 16.1. The van der Waals surface area contributed by atoms with Gasteiger partial charge in [0.25, 0.3) is 0 Å². The maximum atomic E-state index is 12.1. The van der Waals surface area contributed by atoms with E-state index >= 15 is 0 Å². The topological polar surface area (TPSA) is 129 Å². The van der Waals surface area contributed by atoms with Crippen molar-refractivity contribution in [2.75, 3.05) is 12.3 Å². The maximum Gasteiger partial charge on any atom is 0.238 e. The van der Waals surface area contributed by atoms with Crippen LogP contribution in [0.15, 0.2) is 83.8 Å². The molecule has 3 aromatic carbocycles. The third kappa shape index (κ3) is 6.31. The van der Waals surface area contributed by atoms with Crippen LogP contribution in [-0.4, -0.2) is 20.7 Å². The number of nitrogens with two attached hydrogens (primary N) is 3. The molecule has 0 heterocycles. The molecule has 0 radical (unpaired) electrons. The summed E-state index contributed by atoms with van der Waals surface area (Å²) in [4.78, 5) is 12.2. The van der Waals surface area contributed by atoms with Crippen LogP contribution >= 0.6 is 0 Å². The Morgan fingerprint density at radius 2 is 1.32 bits per heavy atom. The second-order valence-electron chi connectivity index (χ2n) is 6.04. The highest BCUT2D eigenvalue weighted by Gasteiger charge is 2.07. The van der Waals surface area contributed by atoms with Crippen LogP contribution < -0.4 is 16.6 Å². The van der Waals surface area contributed by atoms with Crippen LogP contribution in [0.2, 0.25) is 0 Å². The van der Waals surface area contributed by atoms with Gasteiger partial charge in [0.15, 0.2) is 5.78 Å². The fourth-order valence-corrected chi connectivity index (χ4v) is 2.92. The largest absolute Gasteiger partial charge is 0.399 e. The van der Waals surface area contributed by atoms with E-state index in [4.69, 9.17) is 16.6 Å². The van der Waals surface area contributed by atoms with Gasteiger partial charge in [-0.2, -0.15) is 0 Å². The van der Waals surface area contributed by atoms with Gasteiger partial charge in [0.2, 0.25) is 10.0 Å². The highest BCUT2D eigenvalue weighted by Crippen LogP contribution is 2.11. The van der Waals surface area contributed by atoms with E-state index in [1.807, 2.05) is 54.6 Å². The molecule has 0 aromatic heterocycles. The fourth-order valence-electron chi connectivity index (χ4n) is 2.40. The molecular formula is C21H23N3O3S. The monoisotopic (exact) mass is 397 g/mol. The molecule has 28 heavy (non-hydrogen) atoms. The Kier molecular flexibility index (Phi) is 7.45. The number of anilines is 1. The average Bonchev–Trinajstić information content (AvgIpc) is 2.69. The summed E-state index contributed by atoms with van der Waals surface area (Å²) in [6.07, 6.45) is 0.847. The van der Waals surface area contributed by atoms with E-state index in [-0.39, 0.29) is 10.7 Å². The molecule has 0 saturated carbocycles. The number of carbonyl (C=O) groups excluding carboxylic acids is 1. The van der Waals surface area contributed by atoms with Crippen molar-refractivity contribution in [1.82, 2.24) is 0 Å². The summed E-state index contributed by atoms with van der Waals surface area (Å²) >= 11 is 0. The quantitative estimate of drug-likeness (QED) is 0.449. The molecule has 0 aliphatic rings. The van der Waals surface area contributed by atoms with Gasteiger partial charge in [-0.3, -0.25) is 4.79 Å². The minimum Gasteiger partial charge on any atom is -0.399 e. The lowest BCUT2D eigenvalue weighted by molar-refractivity contribution is 0.103. The summed E-state index contributed by atoms with van der Waals surface area (Å²) < 4.78 is 21.4. The lowest BCUT2D eigenvalue weighted by Gasteiger charge is -2.03. The number of benzene rings is 3. The van der Waals surface area contributed by atoms with Gasteiger partial charge in [0.1, 0.15) is 0 Å². The molecule has 0 spiro atoms. The van der Waals surface area contributed by atoms with E-state index in [0.29, 0.717) is 12.2 Å². The smallest absolute Gasteiger partial charge is 0.238 e. The van der Waals surface area contributed by atoms with Crippen molar-refractivity contribution in [3.63, 3.8) is 0 Å². The third-order valence-electron chi connectivity index (χ3n) is 3.89. The van der Waals surface area contributed by atoms with Crippen molar-refractivity contribution in [2.24, 2.45) is 10.9 Å². The molecule has 6 N–H and O–H groups in total. The first-order chi connectivity index (χ1) is 13.3.